The summed E-state index contributed by atoms with van der Waals surface area (Å²) in [5.41, 5.74) is 2.27. The summed E-state index contributed by atoms with van der Waals surface area (Å²) in [4.78, 5) is 16.1. The fourth-order valence-electron chi connectivity index (χ4n) is 5.31. The molecule has 2 heterocycles. The van der Waals surface area contributed by atoms with Crippen LogP contribution in [-0.4, -0.2) is 69.8 Å². The summed E-state index contributed by atoms with van der Waals surface area (Å²) in [6.45, 7) is 6.70. The van der Waals surface area contributed by atoms with E-state index in [-0.39, 0.29) is 35.4 Å². The van der Waals surface area contributed by atoms with Crippen LogP contribution >= 0.6 is 0 Å². The quantitative estimate of drug-likeness (QED) is 0.670. The van der Waals surface area contributed by atoms with Crippen LogP contribution in [-0.2, 0) is 9.47 Å². The maximum absolute atomic E-state index is 14.6. The van der Waals surface area contributed by atoms with Gasteiger partial charge >= 0.3 is 0 Å². The minimum Gasteiger partial charge on any atom is -0.383 e. The van der Waals surface area contributed by atoms with Crippen molar-refractivity contribution >= 4 is 5.78 Å². The van der Waals surface area contributed by atoms with Gasteiger partial charge in [0.05, 0.1) is 19.8 Å². The third kappa shape index (κ3) is 4.94. The number of hydrogen-bond acceptors (Lipinski definition) is 5. The third-order valence-corrected chi connectivity index (χ3v) is 6.96. The highest BCUT2D eigenvalue weighted by molar-refractivity contribution is 5.98. The summed E-state index contributed by atoms with van der Waals surface area (Å²) >= 11 is 0. The van der Waals surface area contributed by atoms with Crippen LogP contribution in [0.2, 0.25) is 0 Å². The number of hydrogen-bond donors (Lipinski definition) is 1. The number of rotatable bonds is 7. The number of carbonyl (C=O) groups excluding carboxylic acids is 1. The molecule has 6 heteroatoms. The van der Waals surface area contributed by atoms with E-state index in [2.05, 4.69) is 10.2 Å². The van der Waals surface area contributed by atoms with Gasteiger partial charge < -0.3 is 14.8 Å². The molecule has 4 rings (SSSR count). The van der Waals surface area contributed by atoms with Gasteiger partial charge in [0.25, 0.3) is 0 Å². The predicted molar refractivity (Wildman–Crippen MR) is 123 cm³/mol. The third-order valence-electron chi connectivity index (χ3n) is 6.96. The van der Waals surface area contributed by atoms with E-state index in [1.54, 1.807) is 13.2 Å². The van der Waals surface area contributed by atoms with Gasteiger partial charge in [-0.15, -0.1) is 0 Å². The highest BCUT2D eigenvalue weighted by atomic mass is 19.1. The fraction of sp³-hybridized carbons (Fsp3) is 0.500. The summed E-state index contributed by atoms with van der Waals surface area (Å²) in [5.74, 6) is -0.377. The molecule has 0 aliphatic carbocycles. The molecule has 0 amide bonds. The first-order valence-corrected chi connectivity index (χ1v) is 11.5. The number of nitrogens with one attached hydrogen (secondary N) is 1. The van der Waals surface area contributed by atoms with Gasteiger partial charge in [0, 0.05) is 56.7 Å². The topological polar surface area (TPSA) is 50.8 Å². The first-order valence-electron chi connectivity index (χ1n) is 11.5. The molecule has 5 nitrogen and oxygen atoms in total. The molecule has 0 bridgehead atoms. The van der Waals surface area contributed by atoms with Crippen molar-refractivity contribution < 1.29 is 18.7 Å². The van der Waals surface area contributed by atoms with Crippen LogP contribution in [0.3, 0.4) is 0 Å². The number of ketones is 1. The molecule has 0 aromatic heterocycles. The Labute approximate surface area is 189 Å². The van der Waals surface area contributed by atoms with Crippen LogP contribution in [0.25, 0.3) is 0 Å². The average Bonchev–Trinajstić information content (AvgIpc) is 2.84. The van der Waals surface area contributed by atoms with Crippen LogP contribution in [0.1, 0.15) is 27.4 Å². The molecular weight excluding hydrogens is 407 g/mol. The number of halogens is 1. The van der Waals surface area contributed by atoms with Gasteiger partial charge in [-0.1, -0.05) is 42.5 Å². The van der Waals surface area contributed by atoms with E-state index in [0.29, 0.717) is 37.5 Å². The van der Waals surface area contributed by atoms with Crippen LogP contribution in [0.5, 0.6) is 0 Å². The Bertz CT molecular complexity index is 901. The molecule has 0 radical (unpaired) electrons. The summed E-state index contributed by atoms with van der Waals surface area (Å²) in [5, 5.41) is 3.61. The van der Waals surface area contributed by atoms with Crippen molar-refractivity contribution in [3.05, 3.63) is 71.0 Å². The van der Waals surface area contributed by atoms with Crippen LogP contribution < -0.4 is 5.32 Å². The Balaban J connectivity index is 1.77. The van der Waals surface area contributed by atoms with Crippen molar-refractivity contribution in [1.29, 1.82) is 0 Å². The first-order chi connectivity index (χ1) is 15.6. The van der Waals surface area contributed by atoms with E-state index >= 15 is 0 Å². The standard InChI is InChI=1S/C26H33FN2O3/c1-18-20(9-6-10-23(18)27)25-21(24-17-32-13-11-28-24)15-29(12-14-31-2)16-22(25)26(30)19-7-4-3-5-8-19/h3-10,21-22,24-25,28H,11-17H2,1-2H3/t21-,22+,24?,25-/m1/s1. The number of nitrogens with zero attached hydrogens (tertiary/aromatic N) is 1. The van der Waals surface area contributed by atoms with Gasteiger partial charge in [0.1, 0.15) is 5.82 Å². The van der Waals surface area contributed by atoms with Crippen molar-refractivity contribution in [2.24, 2.45) is 11.8 Å². The molecular formula is C26H33FN2O3. The second-order valence-electron chi connectivity index (χ2n) is 8.87. The minimum atomic E-state index is -0.280. The number of likely N-dealkylation sites (tertiary alicyclic amines) is 1. The van der Waals surface area contributed by atoms with Crippen molar-refractivity contribution in [2.75, 3.05) is 53.1 Å². The van der Waals surface area contributed by atoms with E-state index < -0.39 is 0 Å². The molecule has 2 aliphatic rings. The molecule has 2 aromatic rings. The first kappa shape index (κ1) is 23.1. The predicted octanol–water partition coefficient (Wildman–Crippen LogP) is 3.28. The summed E-state index contributed by atoms with van der Waals surface area (Å²) in [7, 11) is 1.70. The minimum absolute atomic E-state index is 0.101. The van der Waals surface area contributed by atoms with Crippen LogP contribution in [0.15, 0.2) is 48.5 Å². The molecule has 2 saturated heterocycles. The Hall–Kier alpha value is -2.12. The fourth-order valence-corrected chi connectivity index (χ4v) is 5.31. The molecule has 2 fully saturated rings. The Morgan fingerprint density at radius 3 is 2.72 bits per heavy atom. The number of morpholine rings is 1. The molecule has 2 aliphatic heterocycles. The molecule has 0 saturated carbocycles. The maximum Gasteiger partial charge on any atom is 0.167 e. The van der Waals surface area contributed by atoms with E-state index in [9.17, 15) is 9.18 Å². The summed E-state index contributed by atoms with van der Waals surface area (Å²) in [6, 6.07) is 14.8. The van der Waals surface area contributed by atoms with Crippen LogP contribution in [0.4, 0.5) is 4.39 Å². The Morgan fingerprint density at radius 1 is 1.19 bits per heavy atom. The van der Waals surface area contributed by atoms with Crippen LogP contribution in [0, 0.1) is 24.6 Å². The lowest BCUT2D eigenvalue weighted by Gasteiger charge is -2.47. The lowest BCUT2D eigenvalue weighted by Crippen LogP contribution is -2.57. The SMILES string of the molecule is COCCN1C[C@H](C(=O)c2ccccc2)[C@H](c2cccc(F)c2C)[C@@H](C2COCCN2)C1. The van der Waals surface area contributed by atoms with Crippen molar-refractivity contribution in [3.63, 3.8) is 0 Å². The zero-order chi connectivity index (χ0) is 22.5. The number of ether oxygens (including phenoxy) is 2. The second kappa shape index (κ2) is 10.7. The number of piperidine rings is 1. The van der Waals surface area contributed by atoms with Gasteiger partial charge in [-0.25, -0.2) is 4.39 Å². The van der Waals surface area contributed by atoms with E-state index in [1.807, 2.05) is 43.3 Å². The smallest absolute Gasteiger partial charge is 0.167 e. The lowest BCUT2D eigenvalue weighted by molar-refractivity contribution is 0.00793. The summed E-state index contributed by atoms with van der Waals surface area (Å²) < 4.78 is 25.8. The molecule has 2 aromatic carbocycles. The molecule has 172 valence electrons. The average molecular weight is 441 g/mol. The Kier molecular flexibility index (Phi) is 7.68. The summed E-state index contributed by atoms with van der Waals surface area (Å²) in [6.07, 6.45) is 0. The van der Waals surface area contributed by atoms with Crippen molar-refractivity contribution in [1.82, 2.24) is 10.2 Å². The van der Waals surface area contributed by atoms with Gasteiger partial charge in [-0.2, -0.15) is 0 Å². The molecule has 0 spiro atoms. The monoisotopic (exact) mass is 440 g/mol. The molecule has 4 atom stereocenters. The van der Waals surface area contributed by atoms with E-state index in [4.69, 9.17) is 9.47 Å². The Morgan fingerprint density at radius 2 is 2.00 bits per heavy atom. The molecule has 1 N–H and O–H groups in total. The second-order valence-corrected chi connectivity index (χ2v) is 8.87. The van der Waals surface area contributed by atoms with Gasteiger partial charge in [-0.05, 0) is 30.0 Å². The van der Waals surface area contributed by atoms with Crippen molar-refractivity contribution in [2.45, 2.75) is 18.9 Å². The van der Waals surface area contributed by atoms with Crippen molar-refractivity contribution in [3.8, 4) is 0 Å². The van der Waals surface area contributed by atoms with Gasteiger partial charge in [0.2, 0.25) is 0 Å². The number of Topliss-reactive ketones (excluding diaryl/α,β-unsaturated/α-hetero) is 1. The lowest BCUT2D eigenvalue weighted by atomic mass is 9.67. The highest BCUT2D eigenvalue weighted by Crippen LogP contribution is 2.42. The maximum atomic E-state index is 14.6. The number of benzene rings is 2. The van der Waals surface area contributed by atoms with E-state index in [1.165, 1.54) is 6.07 Å². The van der Waals surface area contributed by atoms with E-state index in [0.717, 1.165) is 25.2 Å². The number of methoxy groups -OCH3 is 1. The number of carbonyl (C=O) groups is 1. The molecule has 32 heavy (non-hydrogen) atoms. The highest BCUT2D eigenvalue weighted by Gasteiger charge is 2.45. The zero-order valence-electron chi connectivity index (χ0n) is 18.9. The van der Waals surface area contributed by atoms with Gasteiger partial charge in [-0.3, -0.25) is 9.69 Å². The van der Waals surface area contributed by atoms with Gasteiger partial charge in [0.15, 0.2) is 5.78 Å². The normalized spacial score (nSPS) is 26.7. The largest absolute Gasteiger partial charge is 0.383 e. The zero-order valence-corrected chi connectivity index (χ0v) is 18.9. The molecule has 1 unspecified atom stereocenters.